The van der Waals surface area contributed by atoms with Gasteiger partial charge in [0.15, 0.2) is 0 Å². The Kier molecular flexibility index (Phi) is 6.78. The Hall–Kier alpha value is -4.18. The molecule has 190 valence electrons. The topological polar surface area (TPSA) is 40.6 Å². The SMILES string of the molecule is O=C1C(CCCCC2C(=O)N(c3ccccc3)[C@H]2c2ccccc2)[C@@H](c2ccccc2)N1c1ccccc1. The number of unbranched alkanes of at least 4 members (excludes halogenated alkanes) is 1. The van der Waals surface area contributed by atoms with E-state index in [2.05, 4.69) is 24.3 Å². The molecular weight excluding hydrogens is 468 g/mol. The van der Waals surface area contributed by atoms with Crippen LogP contribution in [0.4, 0.5) is 11.4 Å². The summed E-state index contributed by atoms with van der Waals surface area (Å²) in [5, 5.41) is 0. The van der Waals surface area contributed by atoms with Crippen LogP contribution in [0, 0.1) is 11.8 Å². The molecule has 0 aliphatic carbocycles. The van der Waals surface area contributed by atoms with Crippen LogP contribution in [-0.4, -0.2) is 11.8 Å². The van der Waals surface area contributed by atoms with Gasteiger partial charge in [0, 0.05) is 11.4 Å². The molecule has 0 saturated carbocycles. The van der Waals surface area contributed by atoms with Crippen LogP contribution in [0.3, 0.4) is 0 Å². The Labute approximate surface area is 224 Å². The van der Waals surface area contributed by atoms with Gasteiger partial charge in [0.05, 0.1) is 23.9 Å². The molecule has 2 fully saturated rings. The molecule has 2 heterocycles. The fraction of sp³-hybridized carbons (Fsp3) is 0.235. The standard InChI is InChI=1S/C34H32N2O2/c37-33-29(31(25-15-5-1-6-16-25)35(33)27-19-9-3-10-20-27)23-13-14-24-30-32(26-17-7-2-8-18-26)36(34(30)38)28-21-11-4-12-22-28/h1-12,15-22,29-32H,13-14,23-24H2/t29?,30?,31-,32+. The summed E-state index contributed by atoms with van der Waals surface area (Å²) >= 11 is 0. The van der Waals surface area contributed by atoms with Crippen LogP contribution >= 0.6 is 0 Å². The number of carbonyl (C=O) groups is 2. The van der Waals surface area contributed by atoms with Gasteiger partial charge in [-0.05, 0) is 48.2 Å². The van der Waals surface area contributed by atoms with E-state index < -0.39 is 0 Å². The lowest BCUT2D eigenvalue weighted by molar-refractivity contribution is -0.132. The lowest BCUT2D eigenvalue weighted by atomic mass is 9.76. The first-order valence-electron chi connectivity index (χ1n) is 13.6. The zero-order valence-electron chi connectivity index (χ0n) is 21.4. The Morgan fingerprint density at radius 1 is 0.447 bits per heavy atom. The summed E-state index contributed by atoms with van der Waals surface area (Å²) in [6.07, 6.45) is 3.53. The number of amides is 2. The first-order chi connectivity index (χ1) is 18.7. The predicted molar refractivity (Wildman–Crippen MR) is 152 cm³/mol. The molecule has 2 saturated heterocycles. The van der Waals surface area contributed by atoms with E-state index in [0.717, 1.165) is 37.1 Å². The highest BCUT2D eigenvalue weighted by Crippen LogP contribution is 2.48. The second-order valence-corrected chi connectivity index (χ2v) is 10.3. The highest BCUT2D eigenvalue weighted by atomic mass is 16.2. The van der Waals surface area contributed by atoms with Crippen molar-refractivity contribution in [1.29, 1.82) is 0 Å². The third kappa shape index (κ3) is 4.41. The van der Waals surface area contributed by atoms with Crippen LogP contribution in [0.5, 0.6) is 0 Å². The molecule has 38 heavy (non-hydrogen) atoms. The molecule has 0 radical (unpaired) electrons. The molecule has 4 nitrogen and oxygen atoms in total. The molecule has 0 aromatic heterocycles. The summed E-state index contributed by atoms with van der Waals surface area (Å²) in [5.74, 6) is 0.338. The fourth-order valence-corrected chi connectivity index (χ4v) is 6.20. The maximum Gasteiger partial charge on any atom is 0.233 e. The van der Waals surface area contributed by atoms with Crippen molar-refractivity contribution in [3.8, 4) is 0 Å². The summed E-state index contributed by atoms with van der Waals surface area (Å²) < 4.78 is 0. The smallest absolute Gasteiger partial charge is 0.233 e. The lowest BCUT2D eigenvalue weighted by Gasteiger charge is -2.48. The second-order valence-electron chi connectivity index (χ2n) is 10.3. The average Bonchev–Trinajstić information content (AvgIpc) is 2.98. The Morgan fingerprint density at radius 3 is 1.11 bits per heavy atom. The average molecular weight is 501 g/mol. The van der Waals surface area contributed by atoms with Crippen LogP contribution in [0.1, 0.15) is 48.9 Å². The van der Waals surface area contributed by atoms with Crippen molar-refractivity contribution in [1.82, 2.24) is 0 Å². The fourth-order valence-electron chi connectivity index (χ4n) is 6.20. The Bertz CT molecular complexity index is 1270. The van der Waals surface area contributed by atoms with Gasteiger partial charge >= 0.3 is 0 Å². The van der Waals surface area contributed by atoms with Crippen LogP contribution in [-0.2, 0) is 9.59 Å². The van der Waals surface area contributed by atoms with Gasteiger partial charge in [-0.1, -0.05) is 110 Å². The third-order valence-corrected chi connectivity index (χ3v) is 8.06. The van der Waals surface area contributed by atoms with E-state index in [1.165, 1.54) is 11.1 Å². The number of nitrogens with zero attached hydrogens (tertiary/aromatic N) is 2. The third-order valence-electron chi connectivity index (χ3n) is 8.06. The second kappa shape index (κ2) is 10.7. The highest BCUT2D eigenvalue weighted by Gasteiger charge is 2.49. The summed E-state index contributed by atoms with van der Waals surface area (Å²) in [7, 11) is 0. The van der Waals surface area contributed by atoms with Crippen molar-refractivity contribution < 1.29 is 9.59 Å². The van der Waals surface area contributed by atoms with Gasteiger partial charge in [-0.15, -0.1) is 0 Å². The van der Waals surface area contributed by atoms with Crippen molar-refractivity contribution in [3.05, 3.63) is 132 Å². The van der Waals surface area contributed by atoms with E-state index in [9.17, 15) is 9.59 Å². The number of carbonyl (C=O) groups excluding carboxylic acids is 2. The molecule has 4 atom stereocenters. The van der Waals surface area contributed by atoms with E-state index in [4.69, 9.17) is 0 Å². The normalized spacial score (nSPS) is 22.6. The molecular formula is C34H32N2O2. The van der Waals surface area contributed by atoms with E-state index in [-0.39, 0.29) is 35.7 Å². The zero-order chi connectivity index (χ0) is 25.9. The summed E-state index contributed by atoms with van der Waals surface area (Å²) in [5.41, 5.74) is 4.26. The zero-order valence-corrected chi connectivity index (χ0v) is 21.4. The molecule has 2 aliphatic heterocycles. The maximum atomic E-state index is 13.3. The quantitative estimate of drug-likeness (QED) is 0.178. The minimum Gasteiger partial charge on any atom is -0.304 e. The van der Waals surface area contributed by atoms with Crippen molar-refractivity contribution >= 4 is 23.2 Å². The molecule has 4 heteroatoms. The first-order valence-corrected chi connectivity index (χ1v) is 13.6. The molecule has 6 rings (SSSR count). The number of hydrogen-bond acceptors (Lipinski definition) is 2. The molecule has 4 aromatic rings. The Morgan fingerprint density at radius 2 is 0.763 bits per heavy atom. The van der Waals surface area contributed by atoms with Gasteiger partial charge in [-0.2, -0.15) is 0 Å². The van der Waals surface area contributed by atoms with Gasteiger partial charge in [-0.3, -0.25) is 9.59 Å². The number of β-lactam (4-membered cyclic amide) rings is 2. The maximum absolute atomic E-state index is 13.3. The monoisotopic (exact) mass is 500 g/mol. The molecule has 0 N–H and O–H groups in total. The number of anilines is 2. The van der Waals surface area contributed by atoms with Gasteiger partial charge in [0.25, 0.3) is 0 Å². The minimum atomic E-state index is -0.0274. The Balaban J connectivity index is 1.13. The van der Waals surface area contributed by atoms with Crippen LogP contribution in [0.15, 0.2) is 121 Å². The van der Waals surface area contributed by atoms with E-state index in [0.29, 0.717) is 0 Å². The summed E-state index contributed by atoms with van der Waals surface area (Å²) in [4.78, 5) is 30.5. The molecule has 4 aromatic carbocycles. The van der Waals surface area contributed by atoms with Crippen LogP contribution in [0.25, 0.3) is 0 Å². The number of para-hydroxylation sites is 2. The first kappa shape index (κ1) is 24.2. The van der Waals surface area contributed by atoms with Gasteiger partial charge < -0.3 is 9.80 Å². The van der Waals surface area contributed by atoms with Crippen molar-refractivity contribution in [2.45, 2.75) is 37.8 Å². The van der Waals surface area contributed by atoms with Gasteiger partial charge in [-0.25, -0.2) is 0 Å². The van der Waals surface area contributed by atoms with Crippen LogP contribution in [0.2, 0.25) is 0 Å². The largest absolute Gasteiger partial charge is 0.304 e. The number of rotatable bonds is 9. The van der Waals surface area contributed by atoms with Crippen molar-refractivity contribution in [2.75, 3.05) is 9.80 Å². The molecule has 2 unspecified atom stereocenters. The molecule has 0 spiro atoms. The van der Waals surface area contributed by atoms with Gasteiger partial charge in [0.2, 0.25) is 11.8 Å². The van der Waals surface area contributed by atoms with Crippen molar-refractivity contribution in [3.63, 3.8) is 0 Å². The van der Waals surface area contributed by atoms with Crippen LogP contribution < -0.4 is 9.80 Å². The predicted octanol–water partition coefficient (Wildman–Crippen LogP) is 7.36. The molecule has 2 amide bonds. The summed E-state index contributed by atoms with van der Waals surface area (Å²) in [6, 6.07) is 40.7. The van der Waals surface area contributed by atoms with Crippen molar-refractivity contribution in [2.24, 2.45) is 11.8 Å². The highest BCUT2D eigenvalue weighted by molar-refractivity contribution is 6.04. The molecule has 0 bridgehead atoms. The number of benzene rings is 4. The summed E-state index contributed by atoms with van der Waals surface area (Å²) in [6.45, 7) is 0. The molecule has 2 aliphatic rings. The number of hydrogen-bond donors (Lipinski definition) is 0. The lowest BCUT2D eigenvalue weighted by Crippen LogP contribution is -2.55. The minimum absolute atomic E-state index is 0.0274. The van der Waals surface area contributed by atoms with Gasteiger partial charge in [0.1, 0.15) is 0 Å². The van der Waals surface area contributed by atoms with E-state index in [1.54, 1.807) is 0 Å². The van der Waals surface area contributed by atoms with E-state index >= 15 is 0 Å². The van der Waals surface area contributed by atoms with E-state index in [1.807, 2.05) is 107 Å².